The number of nitrogens with zero attached hydrogens (tertiary/aromatic N) is 6. The number of anilines is 1. The Morgan fingerprint density at radius 1 is 0.919 bits per heavy atom. The average Bonchev–Trinajstić information content (AvgIpc) is 3.54. The van der Waals surface area contributed by atoms with Crippen LogP contribution < -0.4 is 9.64 Å². The van der Waals surface area contributed by atoms with Crippen molar-refractivity contribution in [3.63, 3.8) is 0 Å². The Balaban J connectivity index is 1.03. The Morgan fingerprint density at radius 3 is 2.43 bits per heavy atom. The summed E-state index contributed by atoms with van der Waals surface area (Å²) < 4.78 is 13.8. The molecule has 0 bridgehead atoms. The first-order valence-corrected chi connectivity index (χ1v) is 14.1. The van der Waals surface area contributed by atoms with E-state index < -0.39 is 0 Å². The first-order valence-electron chi connectivity index (χ1n) is 14.1. The molecule has 1 unspecified atom stereocenters. The molecule has 0 spiro atoms. The van der Waals surface area contributed by atoms with Crippen molar-refractivity contribution >= 4 is 11.5 Å². The van der Waals surface area contributed by atoms with Crippen LogP contribution in [-0.2, 0) is 4.74 Å². The Kier molecular flexibility index (Phi) is 7.04. The van der Waals surface area contributed by atoms with Crippen molar-refractivity contribution in [2.45, 2.75) is 64.9 Å². The minimum Gasteiger partial charge on any atom is -0.485 e. The van der Waals surface area contributed by atoms with Crippen LogP contribution >= 0.6 is 0 Å². The van der Waals surface area contributed by atoms with Gasteiger partial charge in [0.25, 0.3) is 5.78 Å². The van der Waals surface area contributed by atoms with Crippen molar-refractivity contribution in [1.29, 1.82) is 0 Å². The van der Waals surface area contributed by atoms with Crippen LogP contribution in [0.3, 0.4) is 0 Å². The maximum atomic E-state index is 6.49. The van der Waals surface area contributed by atoms with Crippen LogP contribution in [0.2, 0.25) is 0 Å². The maximum absolute atomic E-state index is 6.49. The molecule has 3 fully saturated rings. The molecule has 8 heteroatoms. The van der Waals surface area contributed by atoms with E-state index in [1.165, 1.54) is 43.5 Å². The molecule has 4 heterocycles. The topological polar surface area (TPSA) is 68.0 Å². The monoisotopic (exact) mass is 504 g/mol. The van der Waals surface area contributed by atoms with Gasteiger partial charge in [-0.2, -0.15) is 9.50 Å². The Morgan fingerprint density at radius 2 is 1.68 bits per heavy atom. The summed E-state index contributed by atoms with van der Waals surface area (Å²) in [5.74, 6) is 3.76. The summed E-state index contributed by atoms with van der Waals surface area (Å²) >= 11 is 0. The molecular formula is C29H40N6O2. The molecule has 1 atom stereocenters. The van der Waals surface area contributed by atoms with Crippen LogP contribution in [0.5, 0.6) is 5.75 Å². The van der Waals surface area contributed by atoms with E-state index in [2.05, 4.69) is 49.1 Å². The fraction of sp³-hybridized carbons (Fsp3) is 0.621. The lowest BCUT2D eigenvalue weighted by Crippen LogP contribution is -2.40. The molecule has 1 aromatic carbocycles. The van der Waals surface area contributed by atoms with Crippen molar-refractivity contribution in [2.24, 2.45) is 5.92 Å². The van der Waals surface area contributed by atoms with E-state index >= 15 is 0 Å². The number of hydrogen-bond acceptors (Lipinski definition) is 7. The number of ether oxygens (including phenoxy) is 2. The number of hydrogen-bond donors (Lipinski definition) is 0. The molecule has 6 rings (SSSR count). The molecule has 2 aromatic heterocycles. The molecule has 0 radical (unpaired) electrons. The molecular weight excluding hydrogens is 464 g/mol. The van der Waals surface area contributed by atoms with E-state index in [1.807, 2.05) is 20.8 Å². The van der Waals surface area contributed by atoms with E-state index in [-0.39, 0.29) is 6.10 Å². The van der Waals surface area contributed by atoms with Crippen LogP contribution in [0.1, 0.15) is 60.8 Å². The third-order valence-corrected chi connectivity index (χ3v) is 8.56. The third kappa shape index (κ3) is 5.32. The highest BCUT2D eigenvalue weighted by Gasteiger charge is 2.28. The van der Waals surface area contributed by atoms with Crippen molar-refractivity contribution in [2.75, 3.05) is 50.8 Å². The molecule has 8 nitrogen and oxygen atoms in total. The maximum Gasteiger partial charge on any atom is 0.253 e. The molecule has 37 heavy (non-hydrogen) atoms. The zero-order valence-corrected chi connectivity index (χ0v) is 22.5. The van der Waals surface area contributed by atoms with Gasteiger partial charge in [-0.1, -0.05) is 12.1 Å². The van der Waals surface area contributed by atoms with Gasteiger partial charge in [-0.3, -0.25) is 4.90 Å². The number of aromatic nitrogens is 4. The minimum absolute atomic E-state index is 0.141. The third-order valence-electron chi connectivity index (χ3n) is 8.56. The quantitative estimate of drug-likeness (QED) is 0.495. The largest absolute Gasteiger partial charge is 0.485 e. The molecule has 1 saturated carbocycles. The van der Waals surface area contributed by atoms with E-state index in [9.17, 15) is 0 Å². The highest BCUT2D eigenvalue weighted by atomic mass is 16.5. The molecule has 0 N–H and O–H groups in total. The van der Waals surface area contributed by atoms with Gasteiger partial charge in [-0.15, -0.1) is 5.10 Å². The highest BCUT2D eigenvalue weighted by molar-refractivity contribution is 5.49. The van der Waals surface area contributed by atoms with Crippen molar-refractivity contribution in [3.8, 4) is 5.75 Å². The van der Waals surface area contributed by atoms with Gasteiger partial charge in [0.2, 0.25) is 0 Å². The van der Waals surface area contributed by atoms with E-state index in [0.29, 0.717) is 11.7 Å². The van der Waals surface area contributed by atoms with Gasteiger partial charge in [0.15, 0.2) is 5.75 Å². The van der Waals surface area contributed by atoms with E-state index in [4.69, 9.17) is 9.47 Å². The zero-order chi connectivity index (χ0) is 25.4. The SMILES string of the molecule is Cc1nc2nc(C)c(OC3CCN(c4ccc(C5CCC(CN6CCOCC6)CC5)cc4)C3)c(C)n2n1. The van der Waals surface area contributed by atoms with Crippen LogP contribution in [-0.4, -0.2) is 76.5 Å². The van der Waals surface area contributed by atoms with Crippen LogP contribution in [0, 0.1) is 26.7 Å². The van der Waals surface area contributed by atoms with Crippen molar-refractivity contribution in [3.05, 3.63) is 47.0 Å². The fourth-order valence-corrected chi connectivity index (χ4v) is 6.44. The lowest BCUT2D eigenvalue weighted by atomic mass is 9.78. The molecule has 3 aliphatic rings. The van der Waals surface area contributed by atoms with Gasteiger partial charge in [0.05, 0.1) is 31.1 Å². The van der Waals surface area contributed by atoms with Crippen molar-refractivity contribution < 1.29 is 9.47 Å². The summed E-state index contributed by atoms with van der Waals surface area (Å²) in [5, 5.41) is 4.47. The number of morpholine rings is 1. The summed E-state index contributed by atoms with van der Waals surface area (Å²) in [4.78, 5) is 14.1. The average molecular weight is 505 g/mol. The second-order valence-corrected chi connectivity index (χ2v) is 11.2. The minimum atomic E-state index is 0.141. The molecule has 0 amide bonds. The summed E-state index contributed by atoms with van der Waals surface area (Å²) in [6.07, 6.45) is 6.47. The summed E-state index contributed by atoms with van der Waals surface area (Å²) in [7, 11) is 0. The van der Waals surface area contributed by atoms with Gasteiger partial charge < -0.3 is 14.4 Å². The Hall–Kier alpha value is -2.71. The molecule has 3 aromatic rings. The second kappa shape index (κ2) is 10.6. The smallest absolute Gasteiger partial charge is 0.253 e. The molecule has 198 valence electrons. The second-order valence-electron chi connectivity index (χ2n) is 11.2. The summed E-state index contributed by atoms with van der Waals surface area (Å²) in [6, 6.07) is 9.38. The zero-order valence-electron chi connectivity index (χ0n) is 22.5. The highest BCUT2D eigenvalue weighted by Crippen LogP contribution is 2.37. The van der Waals surface area contributed by atoms with Gasteiger partial charge in [-0.25, -0.2) is 4.98 Å². The Bertz CT molecular complexity index is 1210. The normalized spacial score (nSPS) is 25.2. The Labute approximate surface area is 220 Å². The summed E-state index contributed by atoms with van der Waals surface area (Å²) in [5.41, 5.74) is 4.64. The van der Waals surface area contributed by atoms with Crippen molar-refractivity contribution in [1.82, 2.24) is 24.5 Å². The van der Waals surface area contributed by atoms with Crippen LogP contribution in [0.4, 0.5) is 5.69 Å². The van der Waals surface area contributed by atoms with Gasteiger partial charge in [0.1, 0.15) is 11.9 Å². The standard InChI is InChI=1S/C29H40N6O2/c1-20-28(21(2)35-29(30-20)31-22(3)32-35)37-27-12-13-34(19-27)26-10-8-25(9-11-26)24-6-4-23(5-7-24)18-33-14-16-36-17-15-33/h8-11,23-24,27H,4-7,12-19H2,1-3H3. The van der Waals surface area contributed by atoms with Gasteiger partial charge in [-0.05, 0) is 76.0 Å². The van der Waals surface area contributed by atoms with E-state index in [0.717, 1.165) is 74.7 Å². The number of rotatable bonds is 6. The molecule has 1 aliphatic carbocycles. The molecule has 2 aliphatic heterocycles. The summed E-state index contributed by atoms with van der Waals surface area (Å²) in [6.45, 7) is 13.1. The van der Waals surface area contributed by atoms with Crippen LogP contribution in [0.25, 0.3) is 5.78 Å². The fourth-order valence-electron chi connectivity index (χ4n) is 6.44. The predicted octanol–water partition coefficient (Wildman–Crippen LogP) is 4.31. The number of fused-ring (bicyclic) bond motifs is 1. The van der Waals surface area contributed by atoms with E-state index in [1.54, 1.807) is 4.52 Å². The first kappa shape index (κ1) is 24.6. The predicted molar refractivity (Wildman–Crippen MR) is 145 cm³/mol. The molecule has 2 saturated heterocycles. The lowest BCUT2D eigenvalue weighted by Gasteiger charge is -2.34. The lowest BCUT2D eigenvalue weighted by molar-refractivity contribution is 0.0273. The number of benzene rings is 1. The van der Waals surface area contributed by atoms with Gasteiger partial charge >= 0.3 is 0 Å². The number of aryl methyl sites for hydroxylation is 3. The van der Waals surface area contributed by atoms with Crippen LogP contribution in [0.15, 0.2) is 24.3 Å². The van der Waals surface area contributed by atoms with Gasteiger partial charge in [0, 0.05) is 38.3 Å². The first-order chi connectivity index (χ1) is 18.0.